The highest BCUT2D eigenvalue weighted by Gasteiger charge is 2.13. The Morgan fingerprint density at radius 2 is 1.85 bits per heavy atom. The predicted octanol–water partition coefficient (Wildman–Crippen LogP) is 3.43. The number of ether oxygens (including phenoxy) is 1. The number of hydrogen-bond acceptors (Lipinski definition) is 4. The van der Waals surface area contributed by atoms with Gasteiger partial charge in [0.2, 0.25) is 5.88 Å². The molecular weight excluding hydrogens is 333 g/mol. The second-order valence-electron chi connectivity index (χ2n) is 6.10. The minimum atomic E-state index is -0.443. The number of nitrogens with two attached hydrogens (primary N) is 1. The summed E-state index contributed by atoms with van der Waals surface area (Å²) in [4.78, 5) is 11.3. The molecule has 1 heterocycles. The van der Waals surface area contributed by atoms with E-state index in [4.69, 9.17) is 10.5 Å². The second-order valence-corrected chi connectivity index (χ2v) is 6.10. The van der Waals surface area contributed by atoms with Crippen molar-refractivity contribution in [1.82, 2.24) is 9.78 Å². The second kappa shape index (κ2) is 7.49. The summed E-state index contributed by atoms with van der Waals surface area (Å²) < 4.78 is 20.7. The van der Waals surface area contributed by atoms with Gasteiger partial charge >= 0.3 is 5.97 Å². The molecule has 0 aliphatic heterocycles. The van der Waals surface area contributed by atoms with Crippen LogP contribution in [0, 0.1) is 12.7 Å². The zero-order chi connectivity index (χ0) is 18.7. The summed E-state index contributed by atoms with van der Waals surface area (Å²) in [7, 11) is 0. The predicted molar refractivity (Wildman–Crippen MR) is 97.1 cm³/mol. The number of benzene rings is 2. The van der Waals surface area contributed by atoms with Gasteiger partial charge in [-0.2, -0.15) is 0 Å². The molecule has 6 heteroatoms. The average molecular weight is 353 g/mol. The first-order valence-electron chi connectivity index (χ1n) is 8.27. The molecule has 0 saturated carbocycles. The van der Waals surface area contributed by atoms with E-state index in [1.165, 1.54) is 13.0 Å². The van der Waals surface area contributed by atoms with Gasteiger partial charge in [-0.05, 0) is 35.2 Å². The number of halogens is 1. The Morgan fingerprint density at radius 3 is 2.46 bits per heavy atom. The number of carbonyl (C=O) groups excluding carboxylic acids is 1. The van der Waals surface area contributed by atoms with Gasteiger partial charge in [-0.25, -0.2) is 4.39 Å². The molecule has 0 aliphatic carbocycles. The van der Waals surface area contributed by atoms with E-state index in [1.54, 1.807) is 23.7 Å². The van der Waals surface area contributed by atoms with E-state index in [0.29, 0.717) is 18.7 Å². The summed E-state index contributed by atoms with van der Waals surface area (Å²) in [5.74, 6) is -0.493. The lowest BCUT2D eigenvalue weighted by Crippen LogP contribution is -2.06. The van der Waals surface area contributed by atoms with Crippen molar-refractivity contribution in [3.05, 3.63) is 71.0 Å². The van der Waals surface area contributed by atoms with Crippen molar-refractivity contribution in [2.75, 3.05) is 0 Å². The van der Waals surface area contributed by atoms with E-state index in [0.717, 1.165) is 22.4 Å². The molecule has 0 fully saturated rings. The maximum Gasteiger partial charge on any atom is 0.309 e. The summed E-state index contributed by atoms with van der Waals surface area (Å²) in [5.41, 5.74) is 9.69. The van der Waals surface area contributed by atoms with E-state index < -0.39 is 5.97 Å². The molecule has 0 bridgehead atoms. The summed E-state index contributed by atoms with van der Waals surface area (Å²) in [6, 6.07) is 14.5. The summed E-state index contributed by atoms with van der Waals surface area (Å²) in [6.45, 7) is 3.85. The van der Waals surface area contributed by atoms with Crippen LogP contribution in [0.4, 0.5) is 4.39 Å². The first-order chi connectivity index (χ1) is 12.5. The van der Waals surface area contributed by atoms with Gasteiger partial charge in [0.15, 0.2) is 0 Å². The van der Waals surface area contributed by atoms with E-state index in [-0.39, 0.29) is 11.7 Å². The Morgan fingerprint density at radius 1 is 1.15 bits per heavy atom. The van der Waals surface area contributed by atoms with E-state index in [1.807, 2.05) is 30.3 Å². The van der Waals surface area contributed by atoms with Gasteiger partial charge < -0.3 is 10.5 Å². The lowest BCUT2D eigenvalue weighted by molar-refractivity contribution is -0.132. The van der Waals surface area contributed by atoms with Crippen molar-refractivity contribution >= 4 is 5.97 Å². The molecule has 2 aromatic carbocycles. The third-order valence-corrected chi connectivity index (χ3v) is 4.06. The van der Waals surface area contributed by atoms with Crippen molar-refractivity contribution < 1.29 is 13.9 Å². The molecule has 0 atom stereocenters. The van der Waals surface area contributed by atoms with Crippen molar-refractivity contribution in [1.29, 1.82) is 0 Å². The molecule has 2 N–H and O–H groups in total. The monoisotopic (exact) mass is 353 g/mol. The largest absolute Gasteiger partial charge is 0.406 e. The molecule has 1 aromatic heterocycles. The fourth-order valence-corrected chi connectivity index (χ4v) is 2.66. The number of carbonyl (C=O) groups is 1. The first-order valence-corrected chi connectivity index (χ1v) is 8.27. The summed E-state index contributed by atoms with van der Waals surface area (Å²) >= 11 is 0. The van der Waals surface area contributed by atoms with Gasteiger partial charge in [-0.1, -0.05) is 36.4 Å². The van der Waals surface area contributed by atoms with Crippen LogP contribution in [-0.2, 0) is 17.9 Å². The molecule has 26 heavy (non-hydrogen) atoms. The number of aryl methyl sites for hydroxylation is 1. The highest BCUT2D eigenvalue weighted by molar-refractivity contribution is 5.70. The third-order valence-electron chi connectivity index (χ3n) is 4.06. The Balaban J connectivity index is 1.99. The molecule has 0 aliphatic rings. The van der Waals surface area contributed by atoms with Crippen molar-refractivity contribution in [3.8, 4) is 17.1 Å². The number of rotatable bonds is 5. The Labute approximate surface area is 151 Å². The zero-order valence-corrected chi connectivity index (χ0v) is 14.7. The summed E-state index contributed by atoms with van der Waals surface area (Å²) in [5, 5.41) is 4.34. The third kappa shape index (κ3) is 3.97. The fourth-order valence-electron chi connectivity index (χ4n) is 2.66. The van der Waals surface area contributed by atoms with Gasteiger partial charge in [0.05, 0.1) is 12.2 Å². The summed E-state index contributed by atoms with van der Waals surface area (Å²) in [6.07, 6.45) is 0. The zero-order valence-electron chi connectivity index (χ0n) is 14.7. The van der Waals surface area contributed by atoms with Crippen LogP contribution in [0.1, 0.15) is 23.6 Å². The molecule has 5 nitrogen and oxygen atoms in total. The number of esters is 1. The van der Waals surface area contributed by atoms with Gasteiger partial charge in [0, 0.05) is 19.5 Å². The molecule has 3 aromatic rings. The van der Waals surface area contributed by atoms with Crippen LogP contribution in [-0.4, -0.2) is 15.7 Å². The minimum Gasteiger partial charge on any atom is -0.406 e. The van der Waals surface area contributed by atoms with Crippen LogP contribution in [0.25, 0.3) is 11.3 Å². The van der Waals surface area contributed by atoms with Crippen LogP contribution in [0.2, 0.25) is 0 Å². The number of nitrogens with zero attached hydrogens (tertiary/aromatic N) is 2. The Bertz CT molecular complexity index is 933. The topological polar surface area (TPSA) is 70.1 Å². The average Bonchev–Trinajstić information content (AvgIpc) is 2.99. The quantitative estimate of drug-likeness (QED) is 0.714. The number of hydrogen-bond donors (Lipinski definition) is 1. The molecule has 3 rings (SSSR count). The maximum atomic E-state index is 13.9. The van der Waals surface area contributed by atoms with E-state index in [2.05, 4.69) is 5.10 Å². The maximum absolute atomic E-state index is 13.9. The van der Waals surface area contributed by atoms with Crippen LogP contribution in [0.5, 0.6) is 5.88 Å². The smallest absolute Gasteiger partial charge is 0.309 e. The van der Waals surface area contributed by atoms with Gasteiger partial charge in [0.25, 0.3) is 0 Å². The van der Waals surface area contributed by atoms with Gasteiger partial charge in [-0.3, -0.25) is 9.48 Å². The van der Waals surface area contributed by atoms with Crippen LogP contribution in [0.3, 0.4) is 0 Å². The van der Waals surface area contributed by atoms with Crippen molar-refractivity contribution in [2.45, 2.75) is 26.9 Å². The van der Waals surface area contributed by atoms with Crippen LogP contribution >= 0.6 is 0 Å². The molecule has 0 saturated heterocycles. The van der Waals surface area contributed by atoms with Crippen LogP contribution in [0.15, 0.2) is 48.5 Å². The van der Waals surface area contributed by atoms with E-state index in [9.17, 15) is 9.18 Å². The van der Waals surface area contributed by atoms with Gasteiger partial charge in [0.1, 0.15) is 5.82 Å². The molecular formula is C20H20FN3O2. The molecule has 134 valence electrons. The van der Waals surface area contributed by atoms with Gasteiger partial charge in [-0.15, -0.1) is 5.10 Å². The van der Waals surface area contributed by atoms with Crippen LogP contribution < -0.4 is 10.5 Å². The molecule has 0 unspecified atom stereocenters. The lowest BCUT2D eigenvalue weighted by atomic mass is 10.1. The standard InChI is InChI=1S/C20H20FN3O2/c1-13-3-4-16(9-18(13)21)12-24-19(10-20(23-24)26-14(2)25)17-7-5-15(11-22)6-8-17/h3-10H,11-12,22H2,1-2H3. The molecule has 0 radical (unpaired) electrons. The SMILES string of the molecule is CC(=O)Oc1cc(-c2ccc(CN)cc2)n(Cc2ccc(C)c(F)c2)n1. The number of aromatic nitrogens is 2. The molecule has 0 spiro atoms. The Hall–Kier alpha value is -2.99. The van der Waals surface area contributed by atoms with Crippen molar-refractivity contribution in [2.24, 2.45) is 5.73 Å². The Kier molecular flexibility index (Phi) is 5.14. The minimum absolute atomic E-state index is 0.211. The highest BCUT2D eigenvalue weighted by atomic mass is 19.1. The normalized spacial score (nSPS) is 10.8. The molecule has 0 amide bonds. The fraction of sp³-hybridized carbons (Fsp3) is 0.200. The lowest BCUT2D eigenvalue weighted by Gasteiger charge is -2.09. The highest BCUT2D eigenvalue weighted by Crippen LogP contribution is 2.26. The van der Waals surface area contributed by atoms with Crippen molar-refractivity contribution in [3.63, 3.8) is 0 Å². The van der Waals surface area contributed by atoms with E-state index >= 15 is 0 Å². The first kappa shape index (κ1) is 17.8.